The lowest BCUT2D eigenvalue weighted by atomic mass is 10.3. The lowest BCUT2D eigenvalue weighted by molar-refractivity contribution is -0.695. The molecular weight excluding hydrogens is 186 g/mol. The van der Waals surface area contributed by atoms with Gasteiger partial charge in [-0.05, 0) is 6.42 Å². The zero-order valence-corrected chi connectivity index (χ0v) is 7.90. The fraction of sp³-hybridized carbons (Fsp3) is 0.500. The first-order valence-electron chi connectivity index (χ1n) is 4.24. The van der Waals surface area contributed by atoms with Gasteiger partial charge in [-0.15, -0.1) is 4.91 Å². The van der Waals surface area contributed by atoms with Crippen LogP contribution in [0, 0.1) is 4.91 Å². The van der Waals surface area contributed by atoms with Crippen LogP contribution in [0.1, 0.15) is 12.8 Å². The van der Waals surface area contributed by atoms with Crippen molar-refractivity contribution in [2.24, 2.45) is 5.18 Å². The quantitative estimate of drug-likeness (QED) is 0.429. The van der Waals surface area contributed by atoms with E-state index in [-0.39, 0.29) is 11.8 Å². The summed E-state index contributed by atoms with van der Waals surface area (Å²) in [6.45, 7) is 0.654. The van der Waals surface area contributed by atoms with Gasteiger partial charge in [-0.25, -0.2) is 9.55 Å². The molecule has 6 heteroatoms. The molecule has 0 spiro atoms. The molecule has 0 saturated carbocycles. The minimum Gasteiger partial charge on any atom is -0.469 e. The number of H-pyrrole nitrogens is 1. The highest BCUT2D eigenvalue weighted by Crippen LogP contribution is 2.01. The minimum atomic E-state index is -0.227. The SMILES string of the molecule is COC(=O)CCC[n+]1c[nH]c(N=O)c1. The van der Waals surface area contributed by atoms with Gasteiger partial charge in [0.1, 0.15) is 0 Å². The maximum absolute atomic E-state index is 10.8. The zero-order chi connectivity index (χ0) is 10.4. The average molecular weight is 198 g/mol. The molecule has 0 unspecified atom stereocenters. The van der Waals surface area contributed by atoms with Gasteiger partial charge >= 0.3 is 5.97 Å². The highest BCUT2D eigenvalue weighted by molar-refractivity contribution is 5.68. The molecule has 0 aromatic carbocycles. The Hall–Kier alpha value is -1.72. The third-order valence-corrected chi connectivity index (χ3v) is 1.79. The number of imidazole rings is 1. The van der Waals surface area contributed by atoms with E-state index in [0.29, 0.717) is 19.4 Å². The number of aromatic nitrogens is 2. The normalized spacial score (nSPS) is 9.79. The third kappa shape index (κ3) is 2.96. The number of aromatic amines is 1. The number of nitrogens with one attached hydrogen (secondary N) is 1. The Kier molecular flexibility index (Phi) is 3.78. The summed E-state index contributed by atoms with van der Waals surface area (Å²) in [5.41, 5.74) is 0. The summed E-state index contributed by atoms with van der Waals surface area (Å²) in [4.78, 5) is 23.5. The van der Waals surface area contributed by atoms with Crippen LogP contribution in [0.2, 0.25) is 0 Å². The second-order valence-corrected chi connectivity index (χ2v) is 2.80. The molecule has 0 fully saturated rings. The van der Waals surface area contributed by atoms with Crippen LogP contribution in [0.4, 0.5) is 5.82 Å². The van der Waals surface area contributed by atoms with Crippen molar-refractivity contribution in [3.63, 3.8) is 0 Å². The average Bonchev–Trinajstić information content (AvgIpc) is 2.65. The van der Waals surface area contributed by atoms with E-state index >= 15 is 0 Å². The van der Waals surface area contributed by atoms with E-state index in [1.807, 2.05) is 0 Å². The molecule has 6 nitrogen and oxygen atoms in total. The van der Waals surface area contributed by atoms with Gasteiger partial charge in [0.25, 0.3) is 5.82 Å². The van der Waals surface area contributed by atoms with Crippen molar-refractivity contribution in [1.82, 2.24) is 4.98 Å². The number of carbonyl (C=O) groups excluding carboxylic acids is 1. The van der Waals surface area contributed by atoms with Crippen molar-refractivity contribution in [2.75, 3.05) is 7.11 Å². The molecular formula is C8H12N3O3+. The summed E-state index contributed by atoms with van der Waals surface area (Å²) in [5.74, 6) is 0.0536. The first-order chi connectivity index (χ1) is 6.76. The molecule has 0 aliphatic carbocycles. The molecule has 0 radical (unpaired) electrons. The molecule has 0 atom stereocenters. The first kappa shape index (κ1) is 10.4. The van der Waals surface area contributed by atoms with Gasteiger partial charge in [0.15, 0.2) is 6.20 Å². The molecule has 1 rings (SSSR count). The van der Waals surface area contributed by atoms with Crippen LogP contribution in [-0.4, -0.2) is 18.1 Å². The Bertz CT molecular complexity index is 321. The molecule has 0 aliphatic rings. The van der Waals surface area contributed by atoms with E-state index in [1.165, 1.54) is 7.11 Å². The summed E-state index contributed by atoms with van der Waals surface area (Å²) in [6.07, 6.45) is 4.27. The van der Waals surface area contributed by atoms with Gasteiger partial charge in [-0.1, -0.05) is 0 Å². The number of carbonyl (C=O) groups is 1. The van der Waals surface area contributed by atoms with Crippen LogP contribution >= 0.6 is 0 Å². The lowest BCUT2D eigenvalue weighted by Gasteiger charge is -1.96. The van der Waals surface area contributed by atoms with E-state index in [2.05, 4.69) is 14.9 Å². The molecule has 0 aliphatic heterocycles. The topological polar surface area (TPSA) is 75.4 Å². The smallest absolute Gasteiger partial charge is 0.305 e. The molecule has 1 aromatic rings. The van der Waals surface area contributed by atoms with Crippen LogP contribution in [0.3, 0.4) is 0 Å². The van der Waals surface area contributed by atoms with Gasteiger partial charge in [-0.2, -0.15) is 0 Å². The summed E-state index contributed by atoms with van der Waals surface area (Å²) < 4.78 is 6.25. The number of esters is 1. The van der Waals surface area contributed by atoms with Crippen molar-refractivity contribution in [1.29, 1.82) is 0 Å². The van der Waals surface area contributed by atoms with Gasteiger partial charge < -0.3 is 4.74 Å². The predicted octanol–water partition coefficient (Wildman–Crippen LogP) is 0.653. The van der Waals surface area contributed by atoms with Gasteiger partial charge in [-0.3, -0.25) is 4.79 Å². The van der Waals surface area contributed by atoms with Crippen LogP contribution < -0.4 is 4.57 Å². The van der Waals surface area contributed by atoms with Crippen LogP contribution in [0.15, 0.2) is 17.7 Å². The maximum atomic E-state index is 10.8. The standard InChI is InChI=1S/C8H11N3O3/c1-14-8(12)3-2-4-11-5-7(10-13)9-6-11/h5-6H,2-4H2,1H3/p+1. The minimum absolute atomic E-state index is 0.227. The number of nitroso groups, excluding NO2 is 1. The van der Waals surface area contributed by atoms with Crippen molar-refractivity contribution in [3.8, 4) is 0 Å². The molecule has 1 N–H and O–H groups in total. The Balaban J connectivity index is 2.31. The van der Waals surface area contributed by atoms with Crippen molar-refractivity contribution in [3.05, 3.63) is 17.4 Å². The number of ether oxygens (including phenoxy) is 1. The molecule has 76 valence electrons. The second kappa shape index (κ2) is 5.11. The monoisotopic (exact) mass is 198 g/mol. The Morgan fingerprint density at radius 2 is 2.50 bits per heavy atom. The Morgan fingerprint density at radius 3 is 3.07 bits per heavy atom. The number of hydrogen-bond acceptors (Lipinski definition) is 4. The van der Waals surface area contributed by atoms with Crippen molar-refractivity contribution in [2.45, 2.75) is 19.4 Å². The van der Waals surface area contributed by atoms with Crippen LogP contribution in [0.5, 0.6) is 0 Å². The maximum Gasteiger partial charge on any atom is 0.305 e. The van der Waals surface area contributed by atoms with E-state index < -0.39 is 0 Å². The van der Waals surface area contributed by atoms with E-state index in [0.717, 1.165) is 0 Å². The number of methoxy groups -OCH3 is 1. The van der Waals surface area contributed by atoms with Gasteiger partial charge in [0, 0.05) is 11.6 Å². The van der Waals surface area contributed by atoms with E-state index in [4.69, 9.17) is 0 Å². The third-order valence-electron chi connectivity index (χ3n) is 1.79. The zero-order valence-electron chi connectivity index (χ0n) is 7.90. The van der Waals surface area contributed by atoms with Gasteiger partial charge in [0.2, 0.25) is 6.33 Å². The molecule has 1 heterocycles. The second-order valence-electron chi connectivity index (χ2n) is 2.80. The van der Waals surface area contributed by atoms with Gasteiger partial charge in [0.05, 0.1) is 13.7 Å². The molecule has 14 heavy (non-hydrogen) atoms. The Labute approximate surface area is 80.9 Å². The molecule has 0 bridgehead atoms. The largest absolute Gasteiger partial charge is 0.469 e. The van der Waals surface area contributed by atoms with E-state index in [1.54, 1.807) is 17.1 Å². The fourth-order valence-corrected chi connectivity index (χ4v) is 1.07. The highest BCUT2D eigenvalue weighted by Gasteiger charge is 2.06. The molecule has 1 aromatic heterocycles. The molecule has 0 saturated heterocycles. The van der Waals surface area contributed by atoms with Crippen LogP contribution in [0.25, 0.3) is 0 Å². The summed E-state index contributed by atoms with van der Waals surface area (Å²) >= 11 is 0. The van der Waals surface area contributed by atoms with E-state index in [9.17, 15) is 9.70 Å². The molecule has 0 amide bonds. The number of hydrogen-bond donors (Lipinski definition) is 1. The Morgan fingerprint density at radius 1 is 1.71 bits per heavy atom. The highest BCUT2D eigenvalue weighted by atomic mass is 16.5. The van der Waals surface area contributed by atoms with Crippen molar-refractivity contribution < 1.29 is 14.1 Å². The summed E-state index contributed by atoms with van der Waals surface area (Å²) in [7, 11) is 1.36. The fourth-order valence-electron chi connectivity index (χ4n) is 1.07. The summed E-state index contributed by atoms with van der Waals surface area (Å²) in [5, 5.41) is 2.73. The first-order valence-corrected chi connectivity index (χ1v) is 4.24. The van der Waals surface area contributed by atoms with Crippen molar-refractivity contribution >= 4 is 11.8 Å². The predicted molar refractivity (Wildman–Crippen MR) is 47.7 cm³/mol. The number of nitrogens with zero attached hydrogens (tertiary/aromatic N) is 2. The van der Waals surface area contributed by atoms with Crippen LogP contribution in [-0.2, 0) is 16.1 Å². The lowest BCUT2D eigenvalue weighted by Crippen LogP contribution is -2.30. The summed E-state index contributed by atoms with van der Waals surface area (Å²) in [6, 6.07) is 0. The number of aryl methyl sites for hydroxylation is 1. The number of rotatable bonds is 5.